The molecule has 0 spiro atoms. The fourth-order valence-corrected chi connectivity index (χ4v) is 2.31. The Hall–Kier alpha value is -1.80. The van der Waals surface area contributed by atoms with E-state index in [0.29, 0.717) is 0 Å². The topological polar surface area (TPSA) is 35.2 Å². The maximum absolute atomic E-state index is 6.00. The highest BCUT2D eigenvalue weighted by Gasteiger charge is 2.02. The first-order chi connectivity index (χ1) is 10.3. The SMILES string of the molecule is CC[C@H](N)c1ccc(OCCCCc2ccccc2)cc1. The quantitative estimate of drug-likeness (QED) is 0.724. The third-order valence-electron chi connectivity index (χ3n) is 3.72. The van der Waals surface area contributed by atoms with E-state index in [9.17, 15) is 0 Å². The highest BCUT2D eigenvalue weighted by molar-refractivity contribution is 5.28. The van der Waals surface area contributed by atoms with Crippen LogP contribution in [-0.4, -0.2) is 6.61 Å². The second-order valence-corrected chi connectivity index (χ2v) is 5.37. The number of aryl methyl sites for hydroxylation is 1. The van der Waals surface area contributed by atoms with Gasteiger partial charge in [0.05, 0.1) is 6.61 Å². The van der Waals surface area contributed by atoms with Crippen molar-refractivity contribution in [3.05, 3.63) is 65.7 Å². The first kappa shape index (κ1) is 15.6. The molecule has 21 heavy (non-hydrogen) atoms. The number of nitrogens with two attached hydrogens (primary N) is 1. The summed E-state index contributed by atoms with van der Waals surface area (Å²) >= 11 is 0. The molecule has 0 saturated heterocycles. The van der Waals surface area contributed by atoms with Gasteiger partial charge in [0.2, 0.25) is 0 Å². The van der Waals surface area contributed by atoms with Gasteiger partial charge in [-0.1, -0.05) is 49.4 Å². The highest BCUT2D eigenvalue weighted by Crippen LogP contribution is 2.18. The van der Waals surface area contributed by atoms with E-state index in [1.165, 1.54) is 11.1 Å². The van der Waals surface area contributed by atoms with Gasteiger partial charge in [0.25, 0.3) is 0 Å². The van der Waals surface area contributed by atoms with Crippen molar-refractivity contribution in [2.75, 3.05) is 6.61 Å². The van der Waals surface area contributed by atoms with E-state index in [2.05, 4.69) is 49.4 Å². The van der Waals surface area contributed by atoms with Crippen molar-refractivity contribution in [1.82, 2.24) is 0 Å². The van der Waals surface area contributed by atoms with Crippen LogP contribution in [0.5, 0.6) is 5.75 Å². The lowest BCUT2D eigenvalue weighted by Crippen LogP contribution is -2.08. The molecule has 1 atom stereocenters. The summed E-state index contributed by atoms with van der Waals surface area (Å²) in [7, 11) is 0. The molecule has 2 rings (SSSR count). The van der Waals surface area contributed by atoms with E-state index in [1.807, 2.05) is 12.1 Å². The van der Waals surface area contributed by atoms with Crippen LogP contribution in [0, 0.1) is 0 Å². The summed E-state index contributed by atoms with van der Waals surface area (Å²) in [6.45, 7) is 2.87. The minimum Gasteiger partial charge on any atom is -0.494 e. The Balaban J connectivity index is 1.67. The van der Waals surface area contributed by atoms with Gasteiger partial charge in [-0.25, -0.2) is 0 Å². The van der Waals surface area contributed by atoms with Gasteiger partial charge in [-0.2, -0.15) is 0 Å². The van der Waals surface area contributed by atoms with Crippen LogP contribution < -0.4 is 10.5 Å². The Labute approximate surface area is 127 Å². The molecule has 2 aromatic carbocycles. The van der Waals surface area contributed by atoms with E-state index in [0.717, 1.165) is 38.0 Å². The zero-order valence-electron chi connectivity index (χ0n) is 12.8. The molecule has 112 valence electrons. The summed E-state index contributed by atoms with van der Waals surface area (Å²) in [5.74, 6) is 0.932. The van der Waals surface area contributed by atoms with Gasteiger partial charge in [-0.15, -0.1) is 0 Å². The van der Waals surface area contributed by atoms with Gasteiger partial charge in [-0.05, 0) is 48.9 Å². The second kappa shape index (κ2) is 8.48. The van der Waals surface area contributed by atoms with Crippen LogP contribution >= 0.6 is 0 Å². The van der Waals surface area contributed by atoms with Crippen LogP contribution in [0.15, 0.2) is 54.6 Å². The molecule has 0 aliphatic heterocycles. The number of ether oxygens (including phenoxy) is 1. The zero-order chi connectivity index (χ0) is 14.9. The summed E-state index contributed by atoms with van der Waals surface area (Å²) < 4.78 is 5.77. The van der Waals surface area contributed by atoms with Crippen LogP contribution in [-0.2, 0) is 6.42 Å². The Morgan fingerprint density at radius 2 is 1.67 bits per heavy atom. The van der Waals surface area contributed by atoms with Crippen molar-refractivity contribution in [3.8, 4) is 5.75 Å². The summed E-state index contributed by atoms with van der Waals surface area (Å²) in [6.07, 6.45) is 4.31. The Kier molecular flexibility index (Phi) is 6.29. The number of hydrogen-bond donors (Lipinski definition) is 1. The molecule has 0 radical (unpaired) electrons. The molecule has 2 nitrogen and oxygen atoms in total. The first-order valence-corrected chi connectivity index (χ1v) is 7.82. The first-order valence-electron chi connectivity index (χ1n) is 7.82. The van der Waals surface area contributed by atoms with Gasteiger partial charge in [-0.3, -0.25) is 0 Å². The zero-order valence-corrected chi connectivity index (χ0v) is 12.8. The minimum atomic E-state index is 0.130. The van der Waals surface area contributed by atoms with Crippen LogP contribution in [0.3, 0.4) is 0 Å². The monoisotopic (exact) mass is 283 g/mol. The predicted molar refractivity (Wildman–Crippen MR) is 88.5 cm³/mol. The lowest BCUT2D eigenvalue weighted by atomic mass is 10.1. The third-order valence-corrected chi connectivity index (χ3v) is 3.72. The smallest absolute Gasteiger partial charge is 0.119 e. The molecular weight excluding hydrogens is 258 g/mol. The van der Waals surface area contributed by atoms with Gasteiger partial charge < -0.3 is 10.5 Å². The summed E-state index contributed by atoms with van der Waals surface area (Å²) in [5, 5.41) is 0. The van der Waals surface area contributed by atoms with Crippen molar-refractivity contribution in [2.45, 2.75) is 38.6 Å². The summed E-state index contributed by atoms with van der Waals surface area (Å²) in [6, 6.07) is 18.9. The van der Waals surface area contributed by atoms with Crippen molar-refractivity contribution in [3.63, 3.8) is 0 Å². The molecule has 0 aromatic heterocycles. The Bertz CT molecular complexity index is 507. The van der Waals surface area contributed by atoms with Gasteiger partial charge in [0.15, 0.2) is 0 Å². The van der Waals surface area contributed by atoms with Gasteiger partial charge in [0, 0.05) is 6.04 Å². The lowest BCUT2D eigenvalue weighted by Gasteiger charge is -2.11. The van der Waals surface area contributed by atoms with E-state index in [-0.39, 0.29) is 6.04 Å². The maximum Gasteiger partial charge on any atom is 0.119 e. The van der Waals surface area contributed by atoms with Crippen LogP contribution in [0.4, 0.5) is 0 Å². The number of unbranched alkanes of at least 4 members (excludes halogenated alkanes) is 1. The number of benzene rings is 2. The van der Waals surface area contributed by atoms with Crippen molar-refractivity contribution in [2.24, 2.45) is 5.73 Å². The number of rotatable bonds is 8. The standard InChI is InChI=1S/C19H25NO/c1-2-19(20)17-11-13-18(14-12-17)21-15-7-6-10-16-8-4-3-5-9-16/h3-5,8-9,11-14,19H,2,6-7,10,15,20H2,1H3/t19-/m0/s1. The van der Waals surface area contributed by atoms with Crippen LogP contribution in [0.2, 0.25) is 0 Å². The largest absolute Gasteiger partial charge is 0.494 e. The maximum atomic E-state index is 6.00. The fourth-order valence-electron chi connectivity index (χ4n) is 2.31. The molecular formula is C19H25NO. The molecule has 0 bridgehead atoms. The van der Waals surface area contributed by atoms with Crippen molar-refractivity contribution < 1.29 is 4.74 Å². The van der Waals surface area contributed by atoms with Crippen molar-refractivity contribution >= 4 is 0 Å². The van der Waals surface area contributed by atoms with E-state index in [4.69, 9.17) is 10.5 Å². The van der Waals surface area contributed by atoms with E-state index in [1.54, 1.807) is 0 Å². The summed E-state index contributed by atoms with van der Waals surface area (Å²) in [5.41, 5.74) is 8.57. The molecule has 0 fully saturated rings. The second-order valence-electron chi connectivity index (χ2n) is 5.37. The fraction of sp³-hybridized carbons (Fsp3) is 0.368. The average molecular weight is 283 g/mol. The molecule has 2 N–H and O–H groups in total. The summed E-state index contributed by atoms with van der Waals surface area (Å²) in [4.78, 5) is 0. The molecule has 0 heterocycles. The highest BCUT2D eigenvalue weighted by atomic mass is 16.5. The minimum absolute atomic E-state index is 0.130. The number of hydrogen-bond acceptors (Lipinski definition) is 2. The van der Waals surface area contributed by atoms with Crippen LogP contribution in [0.1, 0.15) is 43.4 Å². The molecule has 0 unspecified atom stereocenters. The molecule has 0 aliphatic rings. The molecule has 0 aliphatic carbocycles. The molecule has 2 aromatic rings. The normalized spacial score (nSPS) is 12.1. The lowest BCUT2D eigenvalue weighted by molar-refractivity contribution is 0.307. The predicted octanol–water partition coefficient (Wildman–Crippen LogP) is 4.50. The Morgan fingerprint density at radius 1 is 0.952 bits per heavy atom. The van der Waals surface area contributed by atoms with E-state index >= 15 is 0 Å². The van der Waals surface area contributed by atoms with Crippen molar-refractivity contribution in [1.29, 1.82) is 0 Å². The van der Waals surface area contributed by atoms with Gasteiger partial charge >= 0.3 is 0 Å². The molecule has 0 amide bonds. The van der Waals surface area contributed by atoms with E-state index < -0.39 is 0 Å². The van der Waals surface area contributed by atoms with Crippen LogP contribution in [0.25, 0.3) is 0 Å². The average Bonchev–Trinajstić information content (AvgIpc) is 2.55. The molecule has 0 saturated carbocycles. The van der Waals surface area contributed by atoms with Gasteiger partial charge in [0.1, 0.15) is 5.75 Å². The Morgan fingerprint density at radius 3 is 2.33 bits per heavy atom. The molecule has 2 heteroatoms. The third kappa shape index (κ3) is 5.24.